The van der Waals surface area contributed by atoms with E-state index in [4.69, 9.17) is 0 Å². The molecule has 1 aliphatic heterocycles. The molecule has 0 aromatic heterocycles. The summed E-state index contributed by atoms with van der Waals surface area (Å²) >= 11 is 0. The Hall–Kier alpha value is -1.88. The lowest BCUT2D eigenvalue weighted by Crippen LogP contribution is -2.49. The van der Waals surface area contributed by atoms with Gasteiger partial charge in [-0.1, -0.05) is 18.9 Å². The number of aliphatic hydroxyl groups excluding tert-OH is 1. The van der Waals surface area contributed by atoms with Gasteiger partial charge in [-0.15, -0.1) is 0 Å². The van der Waals surface area contributed by atoms with Gasteiger partial charge in [0.05, 0.1) is 12.1 Å². The van der Waals surface area contributed by atoms with Gasteiger partial charge in [0.25, 0.3) is 5.91 Å². The average molecular weight is 302 g/mol. The molecule has 2 fully saturated rings. The summed E-state index contributed by atoms with van der Waals surface area (Å²) in [5, 5.41) is 12.6. The maximum absolute atomic E-state index is 12.5. The number of carbonyl (C=O) groups excluding carboxylic acids is 2. The molecule has 1 saturated heterocycles. The van der Waals surface area contributed by atoms with Crippen LogP contribution in [0.25, 0.3) is 0 Å². The van der Waals surface area contributed by atoms with Crippen LogP contribution in [0, 0.1) is 0 Å². The third-order valence-electron chi connectivity index (χ3n) is 4.74. The number of benzene rings is 1. The summed E-state index contributed by atoms with van der Waals surface area (Å²) in [6.45, 7) is 0.688. The van der Waals surface area contributed by atoms with Gasteiger partial charge in [0.2, 0.25) is 5.91 Å². The maximum Gasteiger partial charge on any atom is 0.251 e. The highest BCUT2D eigenvalue weighted by molar-refractivity contribution is 5.99. The minimum Gasteiger partial charge on any atom is -0.394 e. The second kappa shape index (κ2) is 6.08. The van der Waals surface area contributed by atoms with E-state index in [1.165, 1.54) is 0 Å². The first-order valence-electron chi connectivity index (χ1n) is 7.97. The molecule has 2 amide bonds. The van der Waals surface area contributed by atoms with Gasteiger partial charge in [-0.05, 0) is 37.5 Å². The third-order valence-corrected chi connectivity index (χ3v) is 4.74. The molecule has 3 rings (SSSR count). The van der Waals surface area contributed by atoms with Crippen LogP contribution in [0.1, 0.15) is 48.9 Å². The van der Waals surface area contributed by atoms with Crippen molar-refractivity contribution < 1.29 is 14.7 Å². The van der Waals surface area contributed by atoms with E-state index in [0.717, 1.165) is 37.8 Å². The Bertz CT molecular complexity index is 579. The number of amides is 2. The molecule has 1 aliphatic carbocycles. The van der Waals surface area contributed by atoms with Crippen LogP contribution in [0.2, 0.25) is 0 Å². The second-order valence-corrected chi connectivity index (χ2v) is 6.30. The third kappa shape index (κ3) is 2.86. The van der Waals surface area contributed by atoms with Crippen LogP contribution in [0.3, 0.4) is 0 Å². The van der Waals surface area contributed by atoms with Crippen LogP contribution >= 0.6 is 0 Å². The number of aliphatic hydroxyl groups is 1. The summed E-state index contributed by atoms with van der Waals surface area (Å²) in [5.74, 6) is -0.0652. The van der Waals surface area contributed by atoms with Crippen molar-refractivity contribution in [1.29, 1.82) is 0 Å². The zero-order valence-corrected chi connectivity index (χ0v) is 12.7. The van der Waals surface area contributed by atoms with Crippen molar-refractivity contribution in [3.63, 3.8) is 0 Å². The highest BCUT2D eigenvalue weighted by atomic mass is 16.3. The lowest BCUT2D eigenvalue weighted by Gasteiger charge is -2.28. The fraction of sp³-hybridized carbons (Fsp3) is 0.529. The Morgan fingerprint density at radius 3 is 2.68 bits per heavy atom. The van der Waals surface area contributed by atoms with Crippen LogP contribution < -0.4 is 10.2 Å². The van der Waals surface area contributed by atoms with Crippen LogP contribution in [-0.4, -0.2) is 35.6 Å². The van der Waals surface area contributed by atoms with Gasteiger partial charge in [0.15, 0.2) is 0 Å². The fourth-order valence-electron chi connectivity index (χ4n) is 3.42. The van der Waals surface area contributed by atoms with Gasteiger partial charge in [-0.3, -0.25) is 9.59 Å². The Kier molecular flexibility index (Phi) is 4.16. The normalized spacial score (nSPS) is 20.4. The summed E-state index contributed by atoms with van der Waals surface area (Å²) in [6, 6.07) is 7.17. The molecule has 1 heterocycles. The SMILES string of the molecule is O=C(NC1(CO)CCCC1)c1cccc(N2CCCC2=O)c1. The molecule has 22 heavy (non-hydrogen) atoms. The Balaban J connectivity index is 1.77. The van der Waals surface area contributed by atoms with E-state index in [-0.39, 0.29) is 18.4 Å². The molecule has 2 N–H and O–H groups in total. The fourth-order valence-corrected chi connectivity index (χ4v) is 3.42. The molecule has 1 aromatic carbocycles. The topological polar surface area (TPSA) is 69.6 Å². The number of rotatable bonds is 4. The molecule has 5 nitrogen and oxygen atoms in total. The summed E-state index contributed by atoms with van der Waals surface area (Å²) < 4.78 is 0. The van der Waals surface area contributed by atoms with E-state index in [0.29, 0.717) is 18.5 Å². The van der Waals surface area contributed by atoms with Crippen molar-refractivity contribution in [3.8, 4) is 0 Å². The van der Waals surface area contributed by atoms with Gasteiger partial charge in [-0.25, -0.2) is 0 Å². The van der Waals surface area contributed by atoms with Crippen LogP contribution in [0.15, 0.2) is 24.3 Å². The van der Waals surface area contributed by atoms with E-state index < -0.39 is 5.54 Å². The number of nitrogens with zero attached hydrogens (tertiary/aromatic N) is 1. The van der Waals surface area contributed by atoms with E-state index >= 15 is 0 Å². The summed E-state index contributed by atoms with van der Waals surface area (Å²) in [6.07, 6.45) is 5.14. The maximum atomic E-state index is 12.5. The smallest absolute Gasteiger partial charge is 0.251 e. The van der Waals surface area contributed by atoms with Crippen molar-refractivity contribution in [3.05, 3.63) is 29.8 Å². The van der Waals surface area contributed by atoms with E-state index in [2.05, 4.69) is 5.32 Å². The van der Waals surface area contributed by atoms with Crippen LogP contribution in [0.4, 0.5) is 5.69 Å². The largest absolute Gasteiger partial charge is 0.394 e. The molecule has 0 unspecified atom stereocenters. The number of anilines is 1. The number of carbonyl (C=O) groups is 2. The molecule has 5 heteroatoms. The van der Waals surface area contributed by atoms with Crippen molar-refractivity contribution in [2.75, 3.05) is 18.1 Å². The summed E-state index contributed by atoms with van der Waals surface area (Å²) in [7, 11) is 0. The molecular formula is C17H22N2O3. The van der Waals surface area contributed by atoms with Gasteiger partial charge < -0.3 is 15.3 Å². The highest BCUT2D eigenvalue weighted by Crippen LogP contribution is 2.30. The van der Waals surface area contributed by atoms with Crippen LogP contribution in [-0.2, 0) is 4.79 Å². The molecular weight excluding hydrogens is 280 g/mol. The van der Waals surface area contributed by atoms with Crippen LogP contribution in [0.5, 0.6) is 0 Å². The zero-order valence-electron chi connectivity index (χ0n) is 12.7. The number of nitrogens with one attached hydrogen (secondary N) is 1. The van der Waals surface area contributed by atoms with E-state index in [1.807, 2.05) is 6.07 Å². The summed E-state index contributed by atoms with van der Waals surface area (Å²) in [4.78, 5) is 26.0. The first kappa shape index (κ1) is 15.0. The predicted octanol–water partition coefficient (Wildman–Crippen LogP) is 1.85. The molecule has 0 bridgehead atoms. The highest BCUT2D eigenvalue weighted by Gasteiger charge is 2.35. The first-order valence-corrected chi connectivity index (χ1v) is 7.97. The van der Waals surface area contributed by atoms with Crippen molar-refractivity contribution in [1.82, 2.24) is 5.32 Å². The van der Waals surface area contributed by atoms with Crippen molar-refractivity contribution in [2.45, 2.75) is 44.1 Å². The second-order valence-electron chi connectivity index (χ2n) is 6.30. The minimum absolute atomic E-state index is 0.0248. The molecule has 0 atom stereocenters. The average Bonchev–Trinajstić information content (AvgIpc) is 3.17. The van der Waals surface area contributed by atoms with E-state index in [9.17, 15) is 14.7 Å². The molecule has 2 aliphatic rings. The molecule has 1 saturated carbocycles. The molecule has 1 aromatic rings. The summed E-state index contributed by atoms with van der Waals surface area (Å²) in [5.41, 5.74) is 0.841. The Morgan fingerprint density at radius 2 is 2.05 bits per heavy atom. The van der Waals surface area contributed by atoms with Gasteiger partial charge in [0, 0.05) is 24.2 Å². The van der Waals surface area contributed by atoms with Gasteiger partial charge in [0.1, 0.15) is 0 Å². The standard InChI is InChI=1S/C17H22N2O3/c20-12-17(8-1-2-9-17)18-16(22)13-5-3-6-14(11-13)19-10-4-7-15(19)21/h3,5-6,11,20H,1-2,4,7-10,12H2,(H,18,22). The lowest BCUT2D eigenvalue weighted by molar-refractivity contribution is -0.117. The predicted molar refractivity (Wildman–Crippen MR) is 83.8 cm³/mol. The lowest BCUT2D eigenvalue weighted by atomic mass is 9.98. The quantitative estimate of drug-likeness (QED) is 0.892. The van der Waals surface area contributed by atoms with Crippen molar-refractivity contribution in [2.24, 2.45) is 0 Å². The molecule has 0 radical (unpaired) electrons. The Morgan fingerprint density at radius 1 is 1.27 bits per heavy atom. The first-order chi connectivity index (χ1) is 10.6. The number of hydrogen-bond donors (Lipinski definition) is 2. The van der Waals surface area contributed by atoms with Gasteiger partial charge >= 0.3 is 0 Å². The minimum atomic E-state index is -0.476. The monoisotopic (exact) mass is 302 g/mol. The van der Waals surface area contributed by atoms with Crippen molar-refractivity contribution >= 4 is 17.5 Å². The molecule has 0 spiro atoms. The zero-order chi connectivity index (χ0) is 15.6. The Labute approximate surface area is 130 Å². The van der Waals surface area contributed by atoms with E-state index in [1.54, 1.807) is 23.1 Å². The number of hydrogen-bond acceptors (Lipinski definition) is 3. The van der Waals surface area contributed by atoms with Gasteiger partial charge in [-0.2, -0.15) is 0 Å². The molecule has 118 valence electrons.